The first-order valence-corrected chi connectivity index (χ1v) is 11.2. The Hall–Kier alpha value is -2.06. The van der Waals surface area contributed by atoms with Crippen LogP contribution in [-0.4, -0.2) is 47.8 Å². The number of halogens is 2. The second-order valence-electron chi connectivity index (χ2n) is 8.41. The third-order valence-corrected chi connectivity index (χ3v) is 6.10. The number of hydrogen-bond acceptors (Lipinski definition) is 6. The first-order chi connectivity index (χ1) is 14.1. The van der Waals surface area contributed by atoms with Crippen molar-refractivity contribution < 1.29 is 13.9 Å². The van der Waals surface area contributed by atoms with Crippen molar-refractivity contribution in [2.45, 2.75) is 51.8 Å². The Balaban J connectivity index is 1.55. The van der Waals surface area contributed by atoms with Crippen LogP contribution in [0, 0.1) is 5.82 Å². The van der Waals surface area contributed by atoms with Gasteiger partial charge in [0.1, 0.15) is 11.4 Å². The van der Waals surface area contributed by atoms with Crippen LogP contribution in [-0.2, 0) is 11.3 Å². The lowest BCUT2D eigenvalue weighted by atomic mass is 10.0. The number of rotatable bonds is 5. The van der Waals surface area contributed by atoms with Crippen LogP contribution in [0.3, 0.4) is 0 Å². The van der Waals surface area contributed by atoms with E-state index in [4.69, 9.17) is 16.3 Å². The first kappa shape index (κ1) is 22.6. The van der Waals surface area contributed by atoms with E-state index >= 15 is 0 Å². The van der Waals surface area contributed by atoms with Gasteiger partial charge in [0, 0.05) is 42.9 Å². The highest BCUT2D eigenvalue weighted by Gasteiger charge is 2.29. The van der Waals surface area contributed by atoms with Crippen LogP contribution in [0.2, 0.25) is 4.47 Å². The van der Waals surface area contributed by atoms with Gasteiger partial charge >= 0.3 is 6.09 Å². The number of likely N-dealkylation sites (tertiary alicyclic amines) is 1. The summed E-state index contributed by atoms with van der Waals surface area (Å²) in [5, 5.41) is 3.19. The summed E-state index contributed by atoms with van der Waals surface area (Å²) in [5.74, 6) is -0.278. The maximum Gasteiger partial charge on any atom is 0.410 e. The van der Waals surface area contributed by atoms with Crippen molar-refractivity contribution in [3.63, 3.8) is 0 Å². The van der Waals surface area contributed by atoms with E-state index in [1.807, 2.05) is 38.8 Å². The number of carbonyl (C=O) groups excluding carboxylic acids is 1. The molecule has 1 aliphatic heterocycles. The van der Waals surface area contributed by atoms with Crippen molar-refractivity contribution in [2.75, 3.05) is 30.4 Å². The molecular formula is C21H28ClFN4O2S. The lowest BCUT2D eigenvalue weighted by molar-refractivity contribution is 0.0205. The molecule has 0 atom stereocenters. The van der Waals surface area contributed by atoms with Crippen LogP contribution in [0.25, 0.3) is 0 Å². The molecule has 1 N–H and O–H groups in total. The van der Waals surface area contributed by atoms with Gasteiger partial charge in [-0.05, 0) is 51.8 Å². The maximum atomic E-state index is 14.8. The van der Waals surface area contributed by atoms with Crippen LogP contribution in [0.15, 0.2) is 24.4 Å². The van der Waals surface area contributed by atoms with Crippen molar-refractivity contribution >= 4 is 40.4 Å². The molecule has 0 radical (unpaired) electrons. The minimum atomic E-state index is -0.504. The van der Waals surface area contributed by atoms with Gasteiger partial charge in [-0.15, -0.1) is 11.3 Å². The summed E-state index contributed by atoms with van der Waals surface area (Å²) in [6, 6.07) is 5.33. The Morgan fingerprint density at radius 1 is 1.40 bits per heavy atom. The number of amides is 1. The van der Waals surface area contributed by atoms with E-state index in [0.29, 0.717) is 35.5 Å². The molecule has 2 aromatic rings. The third kappa shape index (κ3) is 5.98. The fourth-order valence-electron chi connectivity index (χ4n) is 3.42. The number of aromatic nitrogens is 1. The number of anilines is 2. The summed E-state index contributed by atoms with van der Waals surface area (Å²) in [4.78, 5) is 20.9. The van der Waals surface area contributed by atoms with Gasteiger partial charge < -0.3 is 19.9 Å². The minimum absolute atomic E-state index is 0.163. The molecule has 2 heterocycles. The van der Waals surface area contributed by atoms with Gasteiger partial charge in [0.2, 0.25) is 0 Å². The molecule has 164 valence electrons. The monoisotopic (exact) mass is 454 g/mol. The zero-order valence-electron chi connectivity index (χ0n) is 17.7. The summed E-state index contributed by atoms with van der Waals surface area (Å²) in [6.07, 6.45) is 2.96. The van der Waals surface area contributed by atoms with Crippen molar-refractivity contribution in [3.05, 3.63) is 39.6 Å². The molecule has 1 aromatic carbocycles. The zero-order valence-corrected chi connectivity index (χ0v) is 19.3. The number of ether oxygens (including phenoxy) is 1. The van der Waals surface area contributed by atoms with E-state index < -0.39 is 5.60 Å². The average Bonchev–Trinajstić information content (AvgIpc) is 3.10. The van der Waals surface area contributed by atoms with Gasteiger partial charge in [-0.25, -0.2) is 14.2 Å². The summed E-state index contributed by atoms with van der Waals surface area (Å²) >= 11 is 7.23. The molecule has 0 aliphatic carbocycles. The molecular weight excluding hydrogens is 427 g/mol. The van der Waals surface area contributed by atoms with Crippen molar-refractivity contribution in [1.29, 1.82) is 0 Å². The number of nitrogens with zero attached hydrogens (tertiary/aromatic N) is 3. The van der Waals surface area contributed by atoms with Crippen molar-refractivity contribution in [3.8, 4) is 0 Å². The van der Waals surface area contributed by atoms with E-state index in [9.17, 15) is 9.18 Å². The summed E-state index contributed by atoms with van der Waals surface area (Å²) in [7, 11) is 1.90. The number of thiazole rings is 1. The van der Waals surface area contributed by atoms with E-state index in [2.05, 4.69) is 10.3 Å². The zero-order chi connectivity index (χ0) is 21.9. The Bertz CT molecular complexity index is 878. The second kappa shape index (κ2) is 9.39. The molecule has 6 nitrogen and oxygen atoms in total. The van der Waals surface area contributed by atoms with Crippen LogP contribution in [0.5, 0.6) is 0 Å². The number of piperidine rings is 1. The predicted molar refractivity (Wildman–Crippen MR) is 120 cm³/mol. The molecule has 3 rings (SSSR count). The molecule has 1 amide bonds. The van der Waals surface area contributed by atoms with Gasteiger partial charge in [-0.2, -0.15) is 0 Å². The number of nitrogens with one attached hydrogen (secondary N) is 1. The Morgan fingerprint density at radius 3 is 2.67 bits per heavy atom. The molecule has 0 saturated carbocycles. The van der Waals surface area contributed by atoms with E-state index in [1.165, 1.54) is 17.4 Å². The van der Waals surface area contributed by atoms with Crippen LogP contribution in [0.4, 0.5) is 20.6 Å². The van der Waals surface area contributed by atoms with Gasteiger partial charge in [0.25, 0.3) is 0 Å². The molecule has 1 fully saturated rings. The Labute approximate surface area is 186 Å². The minimum Gasteiger partial charge on any atom is -0.444 e. The predicted octanol–water partition coefficient (Wildman–Crippen LogP) is 5.38. The molecule has 30 heavy (non-hydrogen) atoms. The van der Waals surface area contributed by atoms with Gasteiger partial charge in [0.05, 0.1) is 12.2 Å². The molecule has 1 aliphatic rings. The summed E-state index contributed by atoms with van der Waals surface area (Å²) in [6.45, 7) is 7.32. The highest BCUT2D eigenvalue weighted by molar-refractivity contribution is 7.15. The molecule has 9 heteroatoms. The maximum absolute atomic E-state index is 14.8. The Kier molecular flexibility index (Phi) is 7.08. The summed E-state index contributed by atoms with van der Waals surface area (Å²) < 4.78 is 20.7. The van der Waals surface area contributed by atoms with Gasteiger partial charge in [-0.3, -0.25) is 0 Å². The topological polar surface area (TPSA) is 57.7 Å². The van der Waals surface area contributed by atoms with E-state index in [-0.39, 0.29) is 18.0 Å². The van der Waals surface area contributed by atoms with Gasteiger partial charge in [0.15, 0.2) is 4.47 Å². The van der Waals surface area contributed by atoms with Crippen LogP contribution in [0.1, 0.15) is 38.5 Å². The summed E-state index contributed by atoms with van der Waals surface area (Å²) in [5.41, 5.74) is 0.752. The smallest absolute Gasteiger partial charge is 0.410 e. The van der Waals surface area contributed by atoms with E-state index in [1.54, 1.807) is 17.2 Å². The molecule has 0 unspecified atom stereocenters. The number of hydrogen-bond donors (Lipinski definition) is 1. The average molecular weight is 455 g/mol. The lowest BCUT2D eigenvalue weighted by Crippen LogP contribution is -2.47. The first-order valence-electron chi connectivity index (χ1n) is 9.97. The molecule has 0 bridgehead atoms. The fraction of sp³-hybridized carbons (Fsp3) is 0.524. The molecule has 0 spiro atoms. The second-order valence-corrected chi connectivity index (χ2v) is 10.1. The lowest BCUT2D eigenvalue weighted by Gasteiger charge is -2.38. The quantitative estimate of drug-likeness (QED) is 0.656. The third-order valence-electron chi connectivity index (χ3n) is 4.98. The van der Waals surface area contributed by atoms with E-state index in [0.717, 1.165) is 17.7 Å². The van der Waals surface area contributed by atoms with Crippen molar-refractivity contribution in [2.24, 2.45) is 0 Å². The largest absolute Gasteiger partial charge is 0.444 e. The normalized spacial score (nSPS) is 15.2. The number of carbonyl (C=O) groups is 1. The highest BCUT2D eigenvalue weighted by Crippen LogP contribution is 2.28. The molecule has 1 aromatic heterocycles. The van der Waals surface area contributed by atoms with Gasteiger partial charge in [-0.1, -0.05) is 11.6 Å². The standard InChI is InChI=1S/C21H28ClFN4O2S/c1-21(2,3)29-20(28)27-9-7-15(8-10-27)26(4)18-6-5-14(11-17(18)23)24-12-16-13-25-19(22)30-16/h5-6,11,13,15,24H,7-10,12H2,1-4H3. The highest BCUT2D eigenvalue weighted by atomic mass is 35.5. The van der Waals surface area contributed by atoms with Crippen LogP contribution < -0.4 is 10.2 Å². The van der Waals surface area contributed by atoms with Crippen LogP contribution >= 0.6 is 22.9 Å². The SMILES string of the molecule is CN(c1ccc(NCc2cnc(Cl)s2)cc1F)C1CCN(C(=O)OC(C)(C)C)CC1. The van der Waals surface area contributed by atoms with Crippen molar-refractivity contribution in [1.82, 2.24) is 9.88 Å². The Morgan fingerprint density at radius 2 is 2.10 bits per heavy atom. The molecule has 1 saturated heterocycles. The fourth-order valence-corrected chi connectivity index (χ4v) is 4.33. The number of benzene rings is 1.